The Morgan fingerprint density at radius 2 is 2.22 bits per heavy atom. The van der Waals surface area contributed by atoms with Crippen LogP contribution in [0.1, 0.15) is 34.7 Å². The predicted molar refractivity (Wildman–Crippen MR) is 59.8 cm³/mol. The molecule has 0 fully saturated rings. The molecule has 6 heteroatoms. The number of fused-ring (bicyclic) bond motifs is 1. The minimum Gasteiger partial charge on any atom is -0.375 e. The lowest BCUT2D eigenvalue weighted by molar-refractivity contribution is 0.0182. The lowest BCUT2D eigenvalue weighted by atomic mass is 9.96. The van der Waals surface area contributed by atoms with Gasteiger partial charge in [0.1, 0.15) is 12.4 Å². The van der Waals surface area contributed by atoms with Crippen molar-refractivity contribution < 1.29 is 18.3 Å². The molecule has 2 rings (SSSR count). The van der Waals surface area contributed by atoms with Crippen LogP contribution in [0, 0.1) is 0 Å². The second-order valence-corrected chi connectivity index (χ2v) is 4.14. The van der Waals surface area contributed by atoms with E-state index in [4.69, 9.17) is 4.74 Å². The van der Waals surface area contributed by atoms with Crippen molar-refractivity contribution in [3.05, 3.63) is 23.3 Å². The molecule has 0 saturated heterocycles. The van der Waals surface area contributed by atoms with Crippen molar-refractivity contribution in [1.29, 1.82) is 0 Å². The van der Waals surface area contributed by atoms with Crippen molar-refractivity contribution in [1.82, 2.24) is 9.97 Å². The Morgan fingerprint density at radius 1 is 1.39 bits per heavy atom. The molecule has 4 nitrogen and oxygen atoms in total. The average molecular weight is 256 g/mol. The number of halogens is 2. The van der Waals surface area contributed by atoms with Crippen LogP contribution in [0.15, 0.2) is 6.20 Å². The van der Waals surface area contributed by atoms with Crippen LogP contribution in [0.25, 0.3) is 0 Å². The molecule has 1 aromatic rings. The Kier molecular flexibility index (Phi) is 4.30. The molecule has 0 bridgehead atoms. The first-order valence-electron chi connectivity index (χ1n) is 5.90. The summed E-state index contributed by atoms with van der Waals surface area (Å²) in [6.45, 7) is -0.402. The van der Waals surface area contributed by atoms with Crippen LogP contribution in [0.5, 0.6) is 0 Å². The van der Waals surface area contributed by atoms with E-state index in [9.17, 15) is 13.6 Å². The second-order valence-electron chi connectivity index (χ2n) is 4.14. The number of alkyl halides is 2. The minimum atomic E-state index is -2.45. The van der Waals surface area contributed by atoms with Gasteiger partial charge in [0.2, 0.25) is 0 Å². The molecule has 0 amide bonds. The number of nitrogens with zero attached hydrogens (tertiary/aromatic N) is 2. The van der Waals surface area contributed by atoms with E-state index in [-0.39, 0.29) is 12.4 Å². The van der Waals surface area contributed by atoms with Crippen LogP contribution < -0.4 is 0 Å². The molecule has 98 valence electrons. The number of hydrogen-bond donors (Lipinski definition) is 0. The van der Waals surface area contributed by atoms with Crippen molar-refractivity contribution in [2.75, 3.05) is 13.2 Å². The lowest BCUT2D eigenvalue weighted by Gasteiger charge is -2.13. The largest absolute Gasteiger partial charge is 0.375 e. The molecule has 0 aromatic carbocycles. The van der Waals surface area contributed by atoms with Crippen molar-refractivity contribution in [2.24, 2.45) is 0 Å². The highest BCUT2D eigenvalue weighted by molar-refractivity contribution is 5.97. The highest BCUT2D eigenvalue weighted by Gasteiger charge is 2.19. The molecule has 0 saturated carbocycles. The molecule has 1 heterocycles. The van der Waals surface area contributed by atoms with Crippen LogP contribution >= 0.6 is 0 Å². The molecule has 0 radical (unpaired) electrons. The normalized spacial score (nSPS) is 14.9. The highest BCUT2D eigenvalue weighted by atomic mass is 19.3. The maximum atomic E-state index is 11.8. The number of aryl methyl sites for hydroxylation is 1. The zero-order chi connectivity index (χ0) is 13.0. The summed E-state index contributed by atoms with van der Waals surface area (Å²) in [7, 11) is 0. The maximum Gasteiger partial charge on any atom is 0.261 e. The molecule has 1 aliphatic carbocycles. The van der Waals surface area contributed by atoms with E-state index in [0.29, 0.717) is 24.2 Å². The first-order chi connectivity index (χ1) is 8.66. The Labute approximate surface area is 103 Å². The third-order valence-electron chi connectivity index (χ3n) is 2.75. The van der Waals surface area contributed by atoms with E-state index >= 15 is 0 Å². The topological polar surface area (TPSA) is 52.1 Å². The van der Waals surface area contributed by atoms with Crippen molar-refractivity contribution in [2.45, 2.75) is 32.1 Å². The second kappa shape index (κ2) is 5.95. The summed E-state index contributed by atoms with van der Waals surface area (Å²) in [5.74, 6) is 0.620. The van der Waals surface area contributed by atoms with Gasteiger partial charge in [0.05, 0.1) is 17.9 Å². The number of Topliss-reactive ketones (excluding diaryl/α,β-unsaturated/α-hetero) is 1. The van der Waals surface area contributed by atoms with Crippen LogP contribution in [-0.4, -0.2) is 35.4 Å². The fraction of sp³-hybridized carbons (Fsp3) is 0.583. The van der Waals surface area contributed by atoms with Gasteiger partial charge in [-0.2, -0.15) is 0 Å². The molecular weight excluding hydrogens is 242 g/mol. The number of hydrogen-bond acceptors (Lipinski definition) is 4. The summed E-state index contributed by atoms with van der Waals surface area (Å²) in [4.78, 5) is 19.9. The van der Waals surface area contributed by atoms with Gasteiger partial charge in [0.15, 0.2) is 5.78 Å². The fourth-order valence-electron chi connectivity index (χ4n) is 1.89. The van der Waals surface area contributed by atoms with Gasteiger partial charge in [-0.05, 0) is 12.8 Å². The predicted octanol–water partition coefficient (Wildman–Crippen LogP) is 1.82. The van der Waals surface area contributed by atoms with Gasteiger partial charge in [0.25, 0.3) is 6.43 Å². The Balaban J connectivity index is 1.92. The summed E-state index contributed by atoms with van der Waals surface area (Å²) < 4.78 is 28.4. The number of carbonyl (C=O) groups excluding carboxylic acids is 1. The summed E-state index contributed by atoms with van der Waals surface area (Å²) >= 11 is 0. The summed E-state index contributed by atoms with van der Waals surface area (Å²) in [6.07, 6.45) is 1.60. The Morgan fingerprint density at radius 3 is 3.00 bits per heavy atom. The van der Waals surface area contributed by atoms with Gasteiger partial charge in [-0.25, -0.2) is 18.7 Å². The number of aromatic nitrogens is 2. The molecule has 1 aromatic heterocycles. The van der Waals surface area contributed by atoms with Gasteiger partial charge in [-0.15, -0.1) is 0 Å². The molecule has 0 N–H and O–H groups in total. The van der Waals surface area contributed by atoms with Crippen LogP contribution in [-0.2, 0) is 17.6 Å². The van der Waals surface area contributed by atoms with E-state index in [1.807, 2.05) is 0 Å². The average Bonchev–Trinajstić information content (AvgIpc) is 2.35. The smallest absolute Gasteiger partial charge is 0.261 e. The molecule has 0 spiro atoms. The van der Waals surface area contributed by atoms with Crippen LogP contribution in [0.2, 0.25) is 0 Å². The number of ketones is 1. The van der Waals surface area contributed by atoms with Gasteiger partial charge in [-0.3, -0.25) is 4.79 Å². The quantitative estimate of drug-likeness (QED) is 0.754. The molecule has 18 heavy (non-hydrogen) atoms. The Bertz CT molecular complexity index is 438. The molecule has 0 aliphatic heterocycles. The van der Waals surface area contributed by atoms with E-state index in [1.165, 1.54) is 6.20 Å². The van der Waals surface area contributed by atoms with Gasteiger partial charge >= 0.3 is 0 Å². The third-order valence-corrected chi connectivity index (χ3v) is 2.75. The van der Waals surface area contributed by atoms with Gasteiger partial charge in [0, 0.05) is 19.0 Å². The monoisotopic (exact) mass is 256 g/mol. The SMILES string of the molecule is O=C1CCCc2nc(CCOCC(F)F)ncc21. The minimum absolute atomic E-state index is 0.0803. The van der Waals surface area contributed by atoms with E-state index in [2.05, 4.69) is 9.97 Å². The van der Waals surface area contributed by atoms with Gasteiger partial charge in [-0.1, -0.05) is 0 Å². The third kappa shape index (κ3) is 3.29. The van der Waals surface area contributed by atoms with E-state index < -0.39 is 13.0 Å². The summed E-state index contributed by atoms with van der Waals surface area (Å²) in [5.41, 5.74) is 1.36. The van der Waals surface area contributed by atoms with Crippen molar-refractivity contribution in [3.8, 4) is 0 Å². The summed E-state index contributed by atoms with van der Waals surface area (Å²) in [6, 6.07) is 0. The van der Waals surface area contributed by atoms with Crippen LogP contribution in [0.4, 0.5) is 8.78 Å². The van der Waals surface area contributed by atoms with E-state index in [0.717, 1.165) is 18.5 Å². The molecule has 0 unspecified atom stereocenters. The Hall–Kier alpha value is -1.43. The van der Waals surface area contributed by atoms with E-state index in [1.54, 1.807) is 0 Å². The molecule has 0 atom stereocenters. The number of rotatable bonds is 5. The zero-order valence-electron chi connectivity index (χ0n) is 9.86. The molecule has 1 aliphatic rings. The maximum absolute atomic E-state index is 11.8. The molecular formula is C12H14F2N2O2. The van der Waals surface area contributed by atoms with Crippen molar-refractivity contribution in [3.63, 3.8) is 0 Å². The highest BCUT2D eigenvalue weighted by Crippen LogP contribution is 2.18. The van der Waals surface area contributed by atoms with Crippen molar-refractivity contribution >= 4 is 5.78 Å². The van der Waals surface area contributed by atoms with Gasteiger partial charge < -0.3 is 4.74 Å². The number of carbonyl (C=O) groups is 1. The standard InChI is InChI=1S/C12H14F2N2O2/c13-11(14)7-18-5-4-12-15-6-8-9(16-12)2-1-3-10(8)17/h6,11H,1-5,7H2. The van der Waals surface area contributed by atoms with Crippen LogP contribution in [0.3, 0.4) is 0 Å². The fourth-order valence-corrected chi connectivity index (χ4v) is 1.89. The first-order valence-corrected chi connectivity index (χ1v) is 5.90. The zero-order valence-corrected chi connectivity index (χ0v) is 9.86. The lowest BCUT2D eigenvalue weighted by Crippen LogP contribution is -2.16. The summed E-state index contributed by atoms with van der Waals surface area (Å²) in [5, 5.41) is 0. The number of ether oxygens (including phenoxy) is 1. The first kappa shape index (κ1) is 13.0.